The number of benzene rings is 2. The Kier molecular flexibility index (Phi) is 9.16. The van der Waals surface area contributed by atoms with Gasteiger partial charge in [0.2, 0.25) is 0 Å². The number of nitrogens with zero attached hydrogens (tertiary/aromatic N) is 1. The summed E-state index contributed by atoms with van der Waals surface area (Å²) in [6, 6.07) is 21.7. The maximum atomic E-state index is 6.12. The van der Waals surface area contributed by atoms with Gasteiger partial charge in [0, 0.05) is 19.1 Å². The summed E-state index contributed by atoms with van der Waals surface area (Å²) in [7, 11) is 0. The topological polar surface area (TPSA) is 29.3 Å². The van der Waals surface area contributed by atoms with Gasteiger partial charge in [-0.2, -0.15) is 0 Å². The molecule has 26 heavy (non-hydrogen) atoms. The van der Waals surface area contributed by atoms with E-state index < -0.39 is 0 Å². The SMILES string of the molecule is CC(C)CC(CN)N(CC=Cc1ccccc1)CCCc1ccccc1. The highest BCUT2D eigenvalue weighted by atomic mass is 15.2. The third-order valence-corrected chi connectivity index (χ3v) is 4.74. The van der Waals surface area contributed by atoms with Crippen LogP contribution in [0.5, 0.6) is 0 Å². The van der Waals surface area contributed by atoms with Gasteiger partial charge in [0.25, 0.3) is 0 Å². The van der Waals surface area contributed by atoms with Gasteiger partial charge in [0.15, 0.2) is 0 Å². The minimum Gasteiger partial charge on any atom is -0.329 e. The Balaban J connectivity index is 1.94. The smallest absolute Gasteiger partial charge is 0.0224 e. The Hall–Kier alpha value is -1.90. The molecule has 0 amide bonds. The van der Waals surface area contributed by atoms with Crippen LogP contribution in [0.25, 0.3) is 6.08 Å². The van der Waals surface area contributed by atoms with Gasteiger partial charge in [0.1, 0.15) is 0 Å². The van der Waals surface area contributed by atoms with Gasteiger partial charge in [-0.25, -0.2) is 0 Å². The van der Waals surface area contributed by atoms with Crippen LogP contribution in [0.3, 0.4) is 0 Å². The van der Waals surface area contributed by atoms with Gasteiger partial charge in [-0.3, -0.25) is 4.90 Å². The molecular formula is C24H34N2. The van der Waals surface area contributed by atoms with E-state index >= 15 is 0 Å². The molecule has 0 saturated carbocycles. The molecule has 0 saturated heterocycles. The lowest BCUT2D eigenvalue weighted by molar-refractivity contribution is 0.194. The summed E-state index contributed by atoms with van der Waals surface area (Å²) in [5.74, 6) is 0.665. The summed E-state index contributed by atoms with van der Waals surface area (Å²) in [6.45, 7) is 7.33. The fraction of sp³-hybridized carbons (Fsp3) is 0.417. The largest absolute Gasteiger partial charge is 0.329 e. The van der Waals surface area contributed by atoms with Crippen LogP contribution in [-0.2, 0) is 6.42 Å². The number of nitrogens with two attached hydrogens (primary N) is 1. The monoisotopic (exact) mass is 350 g/mol. The number of rotatable bonds is 11. The molecule has 0 spiro atoms. The van der Waals surface area contributed by atoms with E-state index in [4.69, 9.17) is 5.73 Å². The first-order valence-electron chi connectivity index (χ1n) is 9.88. The van der Waals surface area contributed by atoms with Crippen molar-refractivity contribution in [1.82, 2.24) is 4.90 Å². The molecule has 2 rings (SSSR count). The summed E-state index contributed by atoms with van der Waals surface area (Å²) >= 11 is 0. The predicted octanol–water partition coefficient (Wildman–Crippen LogP) is 5.01. The zero-order valence-corrected chi connectivity index (χ0v) is 16.4. The second-order valence-corrected chi connectivity index (χ2v) is 7.42. The minimum absolute atomic E-state index is 0.450. The molecule has 2 N–H and O–H groups in total. The molecular weight excluding hydrogens is 316 g/mol. The Morgan fingerprint density at radius 1 is 0.962 bits per heavy atom. The average molecular weight is 351 g/mol. The maximum Gasteiger partial charge on any atom is 0.0224 e. The van der Waals surface area contributed by atoms with E-state index in [0.717, 1.165) is 38.9 Å². The maximum absolute atomic E-state index is 6.12. The van der Waals surface area contributed by atoms with Crippen molar-refractivity contribution in [2.75, 3.05) is 19.6 Å². The quantitative estimate of drug-likeness (QED) is 0.617. The van der Waals surface area contributed by atoms with Crippen LogP contribution in [0.1, 0.15) is 37.8 Å². The van der Waals surface area contributed by atoms with Gasteiger partial charge in [-0.05, 0) is 42.9 Å². The molecule has 1 atom stereocenters. The van der Waals surface area contributed by atoms with E-state index in [1.54, 1.807) is 0 Å². The second-order valence-electron chi connectivity index (χ2n) is 7.42. The van der Waals surface area contributed by atoms with Gasteiger partial charge in [-0.15, -0.1) is 0 Å². The van der Waals surface area contributed by atoms with Crippen molar-refractivity contribution < 1.29 is 0 Å². The van der Waals surface area contributed by atoms with E-state index in [1.165, 1.54) is 11.1 Å². The fourth-order valence-corrected chi connectivity index (χ4v) is 3.38. The van der Waals surface area contributed by atoms with Crippen LogP contribution in [0.4, 0.5) is 0 Å². The Morgan fingerprint density at radius 3 is 2.23 bits per heavy atom. The van der Waals surface area contributed by atoms with E-state index in [-0.39, 0.29) is 0 Å². The van der Waals surface area contributed by atoms with Crippen LogP contribution >= 0.6 is 0 Å². The summed E-state index contributed by atoms with van der Waals surface area (Å²) in [4.78, 5) is 2.56. The van der Waals surface area contributed by atoms with Crippen molar-refractivity contribution in [2.24, 2.45) is 11.7 Å². The minimum atomic E-state index is 0.450. The lowest BCUT2D eigenvalue weighted by Gasteiger charge is -2.31. The van der Waals surface area contributed by atoms with Crippen LogP contribution < -0.4 is 5.73 Å². The highest BCUT2D eigenvalue weighted by Crippen LogP contribution is 2.13. The van der Waals surface area contributed by atoms with Gasteiger partial charge in [-0.1, -0.05) is 86.7 Å². The molecule has 0 aromatic heterocycles. The molecule has 0 aliphatic heterocycles. The molecule has 0 fully saturated rings. The summed E-state index contributed by atoms with van der Waals surface area (Å²) in [6.07, 6.45) is 7.94. The lowest BCUT2D eigenvalue weighted by atomic mass is 10.0. The highest BCUT2D eigenvalue weighted by Gasteiger charge is 2.17. The van der Waals surface area contributed by atoms with E-state index in [9.17, 15) is 0 Å². The lowest BCUT2D eigenvalue weighted by Crippen LogP contribution is -2.42. The number of hydrogen-bond donors (Lipinski definition) is 1. The Bertz CT molecular complexity index is 619. The molecule has 1 unspecified atom stereocenters. The molecule has 2 aromatic rings. The van der Waals surface area contributed by atoms with Crippen molar-refractivity contribution in [3.63, 3.8) is 0 Å². The van der Waals surface area contributed by atoms with Crippen molar-refractivity contribution in [3.8, 4) is 0 Å². The predicted molar refractivity (Wildman–Crippen MR) is 114 cm³/mol. The third kappa shape index (κ3) is 7.55. The van der Waals surface area contributed by atoms with Crippen LogP contribution in [-0.4, -0.2) is 30.6 Å². The molecule has 0 heterocycles. The summed E-state index contributed by atoms with van der Waals surface area (Å²) in [5, 5.41) is 0. The number of hydrogen-bond acceptors (Lipinski definition) is 2. The van der Waals surface area contributed by atoms with Crippen LogP contribution in [0.15, 0.2) is 66.7 Å². The first-order chi connectivity index (χ1) is 12.7. The first-order valence-corrected chi connectivity index (χ1v) is 9.88. The van der Waals surface area contributed by atoms with Crippen molar-refractivity contribution in [1.29, 1.82) is 0 Å². The van der Waals surface area contributed by atoms with Crippen molar-refractivity contribution in [2.45, 2.75) is 39.2 Å². The van der Waals surface area contributed by atoms with Gasteiger partial charge >= 0.3 is 0 Å². The summed E-state index contributed by atoms with van der Waals surface area (Å²) in [5.41, 5.74) is 8.79. The zero-order chi connectivity index (χ0) is 18.6. The van der Waals surface area contributed by atoms with E-state index in [0.29, 0.717) is 12.0 Å². The van der Waals surface area contributed by atoms with E-state index in [1.807, 2.05) is 0 Å². The Morgan fingerprint density at radius 2 is 1.62 bits per heavy atom. The molecule has 2 heteroatoms. The molecule has 0 aliphatic carbocycles. The fourth-order valence-electron chi connectivity index (χ4n) is 3.38. The van der Waals surface area contributed by atoms with E-state index in [2.05, 4.69) is 91.6 Å². The molecule has 0 bridgehead atoms. The standard InChI is InChI=1S/C24H34N2/c1-21(2)19-24(20-25)26(17-9-15-22-11-5-3-6-12-22)18-10-16-23-13-7-4-8-14-23/h3-9,11-15,21,24H,10,16-20,25H2,1-2H3. The highest BCUT2D eigenvalue weighted by molar-refractivity contribution is 5.48. The second kappa shape index (κ2) is 11.7. The van der Waals surface area contributed by atoms with Gasteiger partial charge in [0.05, 0.1) is 0 Å². The van der Waals surface area contributed by atoms with Crippen LogP contribution in [0.2, 0.25) is 0 Å². The molecule has 140 valence electrons. The normalized spacial score (nSPS) is 13.0. The average Bonchev–Trinajstić information content (AvgIpc) is 2.66. The Labute approximate surface area is 159 Å². The first kappa shape index (κ1) is 20.4. The van der Waals surface area contributed by atoms with Gasteiger partial charge < -0.3 is 5.73 Å². The molecule has 2 aromatic carbocycles. The molecule has 0 radical (unpaired) electrons. The van der Waals surface area contributed by atoms with Crippen LogP contribution in [0, 0.1) is 5.92 Å². The molecule has 0 aliphatic rings. The molecule has 2 nitrogen and oxygen atoms in total. The van der Waals surface area contributed by atoms with Crippen molar-refractivity contribution >= 4 is 6.08 Å². The van der Waals surface area contributed by atoms with Crippen molar-refractivity contribution in [3.05, 3.63) is 77.9 Å². The zero-order valence-electron chi connectivity index (χ0n) is 16.4. The number of aryl methyl sites for hydroxylation is 1. The third-order valence-electron chi connectivity index (χ3n) is 4.74. The summed E-state index contributed by atoms with van der Waals surface area (Å²) < 4.78 is 0.